The highest BCUT2D eigenvalue weighted by atomic mass is 79.9. The SMILES string of the molecule is O=C(Nc1ccc(OCc2nnc(-c3ccc(Br)o3)o2)cc1)c1ccco1. The molecule has 0 radical (unpaired) electrons. The van der Waals surface area contributed by atoms with E-state index in [1.807, 2.05) is 0 Å². The highest BCUT2D eigenvalue weighted by molar-refractivity contribution is 9.10. The van der Waals surface area contributed by atoms with Gasteiger partial charge in [0.2, 0.25) is 0 Å². The number of benzene rings is 1. The summed E-state index contributed by atoms with van der Waals surface area (Å²) in [7, 11) is 0. The fourth-order valence-electron chi connectivity index (χ4n) is 2.22. The molecule has 0 spiro atoms. The molecule has 9 heteroatoms. The van der Waals surface area contributed by atoms with Gasteiger partial charge in [-0.1, -0.05) is 0 Å². The van der Waals surface area contributed by atoms with Crippen molar-refractivity contribution in [2.24, 2.45) is 0 Å². The van der Waals surface area contributed by atoms with Crippen LogP contribution < -0.4 is 10.1 Å². The van der Waals surface area contributed by atoms with Crippen molar-refractivity contribution in [3.8, 4) is 17.4 Å². The van der Waals surface area contributed by atoms with Crippen molar-refractivity contribution in [1.29, 1.82) is 0 Å². The number of nitrogens with one attached hydrogen (secondary N) is 1. The van der Waals surface area contributed by atoms with Gasteiger partial charge in [-0.25, -0.2) is 0 Å². The number of furan rings is 2. The zero-order valence-corrected chi connectivity index (χ0v) is 15.3. The number of aromatic nitrogens is 2. The first-order chi connectivity index (χ1) is 13.2. The monoisotopic (exact) mass is 429 g/mol. The van der Waals surface area contributed by atoms with E-state index in [0.717, 1.165) is 0 Å². The predicted molar refractivity (Wildman–Crippen MR) is 97.1 cm³/mol. The number of carbonyl (C=O) groups excluding carboxylic acids is 1. The van der Waals surface area contributed by atoms with Gasteiger partial charge in [-0.3, -0.25) is 4.79 Å². The van der Waals surface area contributed by atoms with Gasteiger partial charge in [0.05, 0.1) is 6.26 Å². The van der Waals surface area contributed by atoms with Gasteiger partial charge in [0.15, 0.2) is 22.8 Å². The van der Waals surface area contributed by atoms with Crippen molar-refractivity contribution in [3.63, 3.8) is 0 Å². The van der Waals surface area contributed by atoms with E-state index in [1.54, 1.807) is 48.5 Å². The lowest BCUT2D eigenvalue weighted by Crippen LogP contribution is -2.10. The first-order valence-electron chi connectivity index (χ1n) is 7.83. The molecule has 0 aliphatic rings. The molecule has 1 amide bonds. The minimum absolute atomic E-state index is 0.104. The topological polar surface area (TPSA) is 104 Å². The Labute approximate surface area is 161 Å². The summed E-state index contributed by atoms with van der Waals surface area (Å²) in [5, 5.41) is 10.6. The molecule has 0 aliphatic heterocycles. The molecule has 0 fully saturated rings. The largest absolute Gasteiger partial charge is 0.484 e. The summed E-state index contributed by atoms with van der Waals surface area (Å²) in [4.78, 5) is 11.9. The Morgan fingerprint density at radius 2 is 1.93 bits per heavy atom. The van der Waals surface area contributed by atoms with Crippen LogP contribution in [0.5, 0.6) is 5.75 Å². The molecule has 0 unspecified atom stereocenters. The van der Waals surface area contributed by atoms with Crippen LogP contribution in [0, 0.1) is 0 Å². The molecule has 3 aromatic heterocycles. The van der Waals surface area contributed by atoms with Gasteiger partial charge < -0.3 is 23.3 Å². The van der Waals surface area contributed by atoms with Crippen molar-refractivity contribution in [2.45, 2.75) is 6.61 Å². The Morgan fingerprint density at radius 3 is 2.63 bits per heavy atom. The number of hydrogen-bond donors (Lipinski definition) is 1. The second-order valence-electron chi connectivity index (χ2n) is 5.35. The summed E-state index contributed by atoms with van der Waals surface area (Å²) in [5.74, 6) is 1.56. The third-order valence-corrected chi connectivity index (χ3v) is 3.90. The summed E-state index contributed by atoms with van der Waals surface area (Å²) in [6.07, 6.45) is 1.44. The molecule has 1 N–H and O–H groups in total. The zero-order valence-electron chi connectivity index (χ0n) is 13.7. The molecule has 0 aliphatic carbocycles. The number of amides is 1. The molecule has 4 aromatic rings. The Morgan fingerprint density at radius 1 is 1.07 bits per heavy atom. The number of rotatable bonds is 6. The molecule has 8 nitrogen and oxygen atoms in total. The van der Waals surface area contributed by atoms with E-state index in [0.29, 0.717) is 27.8 Å². The number of carbonyl (C=O) groups is 1. The van der Waals surface area contributed by atoms with Gasteiger partial charge in [-0.2, -0.15) is 0 Å². The number of anilines is 1. The van der Waals surface area contributed by atoms with Gasteiger partial charge in [-0.05, 0) is 64.5 Å². The zero-order chi connectivity index (χ0) is 18.6. The minimum Gasteiger partial charge on any atom is -0.484 e. The maximum absolute atomic E-state index is 11.9. The third kappa shape index (κ3) is 4.09. The van der Waals surface area contributed by atoms with Gasteiger partial charge in [0.1, 0.15) is 5.75 Å². The maximum Gasteiger partial charge on any atom is 0.291 e. The van der Waals surface area contributed by atoms with Crippen LogP contribution in [0.4, 0.5) is 5.69 Å². The lowest BCUT2D eigenvalue weighted by atomic mass is 10.3. The second-order valence-corrected chi connectivity index (χ2v) is 6.13. The van der Waals surface area contributed by atoms with E-state index in [2.05, 4.69) is 31.4 Å². The van der Waals surface area contributed by atoms with Crippen molar-refractivity contribution in [3.05, 3.63) is 71.1 Å². The van der Waals surface area contributed by atoms with Crippen LogP contribution in [-0.4, -0.2) is 16.1 Å². The maximum atomic E-state index is 11.9. The molecule has 0 saturated carbocycles. The molecule has 0 saturated heterocycles. The summed E-state index contributed by atoms with van der Waals surface area (Å²) >= 11 is 3.22. The first-order valence-corrected chi connectivity index (χ1v) is 8.62. The van der Waals surface area contributed by atoms with E-state index >= 15 is 0 Å². The van der Waals surface area contributed by atoms with Crippen LogP contribution >= 0.6 is 15.9 Å². The van der Waals surface area contributed by atoms with E-state index < -0.39 is 0 Å². The lowest BCUT2D eigenvalue weighted by Gasteiger charge is -2.06. The van der Waals surface area contributed by atoms with Crippen LogP contribution in [0.2, 0.25) is 0 Å². The van der Waals surface area contributed by atoms with Crippen LogP contribution in [0.25, 0.3) is 11.7 Å². The van der Waals surface area contributed by atoms with E-state index in [4.69, 9.17) is 18.0 Å². The summed E-state index contributed by atoms with van der Waals surface area (Å²) in [6.45, 7) is 0.104. The van der Waals surface area contributed by atoms with E-state index in [1.165, 1.54) is 6.26 Å². The van der Waals surface area contributed by atoms with Crippen molar-refractivity contribution in [1.82, 2.24) is 10.2 Å². The molecule has 136 valence electrons. The molecule has 3 heterocycles. The standard InChI is InChI=1S/C18H12BrN3O5/c19-15-8-7-14(26-15)18-22-21-16(27-18)10-25-12-5-3-11(4-6-12)20-17(23)13-2-1-9-24-13/h1-9H,10H2,(H,20,23). The Kier molecular flexibility index (Phi) is 4.75. The van der Waals surface area contributed by atoms with Gasteiger partial charge in [0, 0.05) is 5.69 Å². The van der Waals surface area contributed by atoms with E-state index in [9.17, 15) is 4.79 Å². The van der Waals surface area contributed by atoms with Gasteiger partial charge in [-0.15, -0.1) is 10.2 Å². The Balaban J connectivity index is 1.34. The Bertz CT molecular complexity index is 1040. The summed E-state index contributed by atoms with van der Waals surface area (Å²) in [5.41, 5.74) is 0.618. The number of ether oxygens (including phenoxy) is 1. The average Bonchev–Trinajstić information content (AvgIpc) is 3.42. The molecule has 27 heavy (non-hydrogen) atoms. The number of nitrogens with zero attached hydrogens (tertiary/aromatic N) is 2. The smallest absolute Gasteiger partial charge is 0.291 e. The predicted octanol–water partition coefficient (Wildman–Crippen LogP) is 4.52. The average molecular weight is 430 g/mol. The normalized spacial score (nSPS) is 10.7. The summed E-state index contributed by atoms with van der Waals surface area (Å²) in [6, 6.07) is 13.6. The van der Waals surface area contributed by atoms with Crippen LogP contribution in [0.3, 0.4) is 0 Å². The van der Waals surface area contributed by atoms with Gasteiger partial charge in [0.25, 0.3) is 17.7 Å². The number of halogens is 1. The molecule has 4 rings (SSSR count). The molecular formula is C18H12BrN3O5. The number of hydrogen-bond acceptors (Lipinski definition) is 7. The third-order valence-electron chi connectivity index (χ3n) is 3.47. The van der Waals surface area contributed by atoms with Crippen molar-refractivity contribution in [2.75, 3.05) is 5.32 Å². The van der Waals surface area contributed by atoms with Crippen molar-refractivity contribution >= 4 is 27.5 Å². The quantitative estimate of drug-likeness (QED) is 0.480. The molecule has 1 aromatic carbocycles. The fourth-order valence-corrected chi connectivity index (χ4v) is 2.53. The molecule has 0 atom stereocenters. The van der Waals surface area contributed by atoms with Crippen LogP contribution in [0.1, 0.15) is 16.4 Å². The second kappa shape index (κ2) is 7.50. The summed E-state index contributed by atoms with van der Waals surface area (Å²) < 4.78 is 22.1. The fraction of sp³-hybridized carbons (Fsp3) is 0.0556. The highest BCUT2D eigenvalue weighted by Crippen LogP contribution is 2.24. The van der Waals surface area contributed by atoms with Gasteiger partial charge >= 0.3 is 0 Å². The van der Waals surface area contributed by atoms with Crippen molar-refractivity contribution < 1.29 is 22.8 Å². The lowest BCUT2D eigenvalue weighted by molar-refractivity contribution is 0.0996. The van der Waals surface area contributed by atoms with E-state index in [-0.39, 0.29) is 24.2 Å². The van der Waals surface area contributed by atoms with Crippen LogP contribution in [-0.2, 0) is 6.61 Å². The Hall–Kier alpha value is -3.33. The minimum atomic E-state index is -0.323. The molecule has 0 bridgehead atoms. The highest BCUT2D eigenvalue weighted by Gasteiger charge is 2.13. The first kappa shape index (κ1) is 17.1. The molecular weight excluding hydrogens is 418 g/mol. The van der Waals surface area contributed by atoms with Crippen LogP contribution in [0.15, 0.2) is 72.7 Å².